The average molecular weight is 274 g/mol. The molecule has 1 N–H and O–H groups in total. The number of nitrogens with zero attached hydrogens (tertiary/aromatic N) is 1. The Bertz CT molecular complexity index is 365. The van der Waals surface area contributed by atoms with Gasteiger partial charge in [-0.1, -0.05) is 73.4 Å². The minimum Gasteiger partial charge on any atom is -0.308 e. The average Bonchev–Trinajstić information content (AvgIpc) is 2.58. The van der Waals surface area contributed by atoms with Gasteiger partial charge in [0.05, 0.1) is 5.69 Å². The monoisotopic (exact) mass is 274 g/mol. The second-order valence-corrected chi connectivity index (χ2v) is 2.68. The quantitative estimate of drug-likeness (QED) is 0.663. The molecule has 0 saturated heterocycles. The van der Waals surface area contributed by atoms with Crippen LogP contribution in [0.4, 0.5) is 0 Å². The Balaban J connectivity index is -0.000000425. The molecule has 0 spiro atoms. The van der Waals surface area contributed by atoms with E-state index in [2.05, 4.69) is 24.7 Å². The second-order valence-electron chi connectivity index (χ2n) is 2.68. The molecule has 1 aromatic heterocycles. The maximum absolute atomic E-state index is 7.21. The lowest BCUT2D eigenvalue weighted by atomic mass is 10.0. The first-order valence-corrected chi connectivity index (χ1v) is 7.19. The molecule has 0 amide bonds. The predicted molar refractivity (Wildman–Crippen MR) is 96.4 cm³/mol. The van der Waals surface area contributed by atoms with Gasteiger partial charge in [0.15, 0.2) is 0 Å². The van der Waals surface area contributed by atoms with E-state index >= 15 is 0 Å². The molecule has 2 heteroatoms. The van der Waals surface area contributed by atoms with E-state index in [-0.39, 0.29) is 0 Å². The van der Waals surface area contributed by atoms with Gasteiger partial charge < -0.3 is 5.41 Å². The van der Waals surface area contributed by atoms with Crippen LogP contribution in [0.25, 0.3) is 18.2 Å². The highest BCUT2D eigenvalue weighted by Crippen LogP contribution is 2.19. The van der Waals surface area contributed by atoms with Gasteiger partial charge in [-0.3, -0.25) is 4.98 Å². The Kier molecular flexibility index (Phi) is 19.7. The van der Waals surface area contributed by atoms with Gasteiger partial charge in [0, 0.05) is 23.5 Å². The van der Waals surface area contributed by atoms with Crippen molar-refractivity contribution in [1.29, 1.82) is 5.41 Å². The summed E-state index contributed by atoms with van der Waals surface area (Å²) in [6.45, 7) is 23.1. The summed E-state index contributed by atoms with van der Waals surface area (Å²) < 4.78 is 0. The number of nitrogens with one attached hydrogen (secondary N) is 1. The van der Waals surface area contributed by atoms with Crippen LogP contribution < -0.4 is 0 Å². The van der Waals surface area contributed by atoms with E-state index in [1.54, 1.807) is 24.4 Å². The summed E-state index contributed by atoms with van der Waals surface area (Å²) in [5.74, 6) is 0. The van der Waals surface area contributed by atoms with Gasteiger partial charge in [-0.05, 0) is 11.6 Å². The molecule has 20 heavy (non-hydrogen) atoms. The summed E-state index contributed by atoms with van der Waals surface area (Å²) in [5.41, 5.74) is 3.25. The molecule has 0 aliphatic heterocycles. The number of hydrogen-bond acceptors (Lipinski definition) is 2. The molecule has 0 bridgehead atoms. The van der Waals surface area contributed by atoms with E-state index < -0.39 is 0 Å². The molecule has 0 unspecified atom stereocenters. The van der Waals surface area contributed by atoms with Gasteiger partial charge in [-0.15, -0.1) is 0 Å². The van der Waals surface area contributed by atoms with Crippen LogP contribution in [-0.2, 0) is 0 Å². The first-order chi connectivity index (χ1) is 9.78. The van der Waals surface area contributed by atoms with Crippen molar-refractivity contribution >= 4 is 24.4 Å². The minimum atomic E-state index is 0.737. The fourth-order valence-corrected chi connectivity index (χ4v) is 1.29. The lowest BCUT2D eigenvalue weighted by molar-refractivity contribution is 1.26. The Labute approximate surface area is 125 Å². The standard InChI is InChI=1S/C12H12N2.3C2H6/c1-4-10-9(7-13)8-14-12(6-3)11(10)5-2;3*1-2/h4-8,13H,1-3H2;3*1-2H3. The van der Waals surface area contributed by atoms with E-state index in [1.807, 2.05) is 41.5 Å². The van der Waals surface area contributed by atoms with Gasteiger partial charge >= 0.3 is 0 Å². The van der Waals surface area contributed by atoms with Crippen LogP contribution in [0.5, 0.6) is 0 Å². The van der Waals surface area contributed by atoms with Crippen molar-refractivity contribution < 1.29 is 0 Å². The van der Waals surface area contributed by atoms with Gasteiger partial charge in [-0.2, -0.15) is 0 Å². The van der Waals surface area contributed by atoms with Crippen molar-refractivity contribution in [2.75, 3.05) is 0 Å². The normalized spacial score (nSPS) is 7.30. The Morgan fingerprint density at radius 3 is 1.60 bits per heavy atom. The van der Waals surface area contributed by atoms with Crippen molar-refractivity contribution in [3.8, 4) is 0 Å². The van der Waals surface area contributed by atoms with Crippen LogP contribution in [0.3, 0.4) is 0 Å². The zero-order valence-electron chi connectivity index (χ0n) is 14.0. The Hall–Kier alpha value is -1.96. The maximum atomic E-state index is 7.21. The first kappa shape index (κ1) is 23.2. The maximum Gasteiger partial charge on any atom is 0.0702 e. The number of pyridine rings is 1. The highest BCUT2D eigenvalue weighted by Gasteiger charge is 2.05. The van der Waals surface area contributed by atoms with Crippen LogP contribution in [0.2, 0.25) is 0 Å². The van der Waals surface area contributed by atoms with E-state index in [0.29, 0.717) is 0 Å². The first-order valence-electron chi connectivity index (χ1n) is 7.19. The van der Waals surface area contributed by atoms with Crippen LogP contribution in [0.1, 0.15) is 63.9 Å². The van der Waals surface area contributed by atoms with Crippen molar-refractivity contribution in [2.45, 2.75) is 41.5 Å². The fraction of sp³-hybridized carbons (Fsp3) is 0.333. The van der Waals surface area contributed by atoms with Crippen molar-refractivity contribution in [3.63, 3.8) is 0 Å². The third kappa shape index (κ3) is 6.83. The zero-order valence-corrected chi connectivity index (χ0v) is 14.0. The molecule has 1 rings (SSSR count). The molecule has 0 aromatic carbocycles. The summed E-state index contributed by atoms with van der Waals surface area (Å²) in [5, 5.41) is 7.21. The largest absolute Gasteiger partial charge is 0.308 e. The summed E-state index contributed by atoms with van der Waals surface area (Å²) in [6.07, 6.45) is 7.95. The molecule has 0 atom stereocenters. The molecule has 0 aliphatic carbocycles. The van der Waals surface area contributed by atoms with Crippen molar-refractivity contribution in [3.05, 3.63) is 48.3 Å². The van der Waals surface area contributed by atoms with Gasteiger partial charge in [0.1, 0.15) is 0 Å². The number of aromatic nitrogens is 1. The predicted octanol–water partition coefficient (Wildman–Crippen LogP) is 6.09. The van der Waals surface area contributed by atoms with Crippen LogP contribution >= 0.6 is 0 Å². The second kappa shape index (κ2) is 17.0. The van der Waals surface area contributed by atoms with Crippen molar-refractivity contribution in [2.24, 2.45) is 0 Å². The third-order valence-electron chi connectivity index (χ3n) is 1.98. The Morgan fingerprint density at radius 1 is 0.850 bits per heavy atom. The van der Waals surface area contributed by atoms with E-state index in [1.165, 1.54) is 6.21 Å². The molecule has 112 valence electrons. The van der Waals surface area contributed by atoms with Crippen LogP contribution in [0, 0.1) is 5.41 Å². The van der Waals surface area contributed by atoms with Gasteiger partial charge in [0.25, 0.3) is 0 Å². The van der Waals surface area contributed by atoms with E-state index in [0.717, 1.165) is 22.4 Å². The molecule has 0 fully saturated rings. The summed E-state index contributed by atoms with van der Waals surface area (Å²) in [4.78, 5) is 4.16. The smallest absolute Gasteiger partial charge is 0.0702 e. The molecular weight excluding hydrogens is 244 g/mol. The molecular formula is C18H30N2. The molecule has 2 nitrogen and oxygen atoms in total. The number of hydrogen-bond donors (Lipinski definition) is 1. The summed E-state index contributed by atoms with van der Waals surface area (Å²) in [7, 11) is 0. The zero-order chi connectivity index (χ0) is 16.6. The molecule has 1 aromatic rings. The van der Waals surface area contributed by atoms with Crippen LogP contribution in [0.15, 0.2) is 25.9 Å². The SMILES string of the molecule is C=Cc1ncc(C=N)c(C=C)c1C=C.CC.CC.CC. The van der Waals surface area contributed by atoms with E-state index in [4.69, 9.17) is 5.41 Å². The number of rotatable bonds is 4. The summed E-state index contributed by atoms with van der Waals surface area (Å²) >= 11 is 0. The third-order valence-corrected chi connectivity index (χ3v) is 1.98. The minimum absolute atomic E-state index is 0.737. The molecule has 0 aliphatic rings. The molecule has 0 radical (unpaired) electrons. The van der Waals surface area contributed by atoms with E-state index in [9.17, 15) is 0 Å². The topological polar surface area (TPSA) is 36.7 Å². The van der Waals surface area contributed by atoms with Crippen molar-refractivity contribution in [1.82, 2.24) is 4.98 Å². The highest BCUT2D eigenvalue weighted by molar-refractivity contribution is 5.87. The fourth-order valence-electron chi connectivity index (χ4n) is 1.29. The molecule has 1 heterocycles. The lowest BCUT2D eigenvalue weighted by Gasteiger charge is -2.07. The molecule has 0 saturated carbocycles. The van der Waals surface area contributed by atoms with Gasteiger partial charge in [0.2, 0.25) is 0 Å². The van der Waals surface area contributed by atoms with Crippen LogP contribution in [-0.4, -0.2) is 11.2 Å². The van der Waals surface area contributed by atoms with Gasteiger partial charge in [-0.25, -0.2) is 0 Å². The summed E-state index contributed by atoms with van der Waals surface area (Å²) in [6, 6.07) is 0. The lowest BCUT2D eigenvalue weighted by Crippen LogP contribution is -1.96. The highest BCUT2D eigenvalue weighted by atomic mass is 14.7. The Morgan fingerprint density at radius 2 is 1.30 bits per heavy atom.